The highest BCUT2D eigenvalue weighted by Gasteiger charge is 2.31. The van der Waals surface area contributed by atoms with Gasteiger partial charge in [0.15, 0.2) is 0 Å². The van der Waals surface area contributed by atoms with Gasteiger partial charge in [-0.15, -0.1) is 0 Å². The first-order valence-electron chi connectivity index (χ1n) is 48.5. The molecule has 6 heterocycles. The number of benzene rings is 23. The molecule has 0 atom stereocenters. The molecule has 0 fully saturated rings. The van der Waals surface area contributed by atoms with Gasteiger partial charge in [-0.05, 0) is 269 Å². The summed E-state index contributed by atoms with van der Waals surface area (Å²) in [6.45, 7) is 0. The van der Waals surface area contributed by atoms with Crippen LogP contribution in [0.5, 0.6) is 0 Å². The van der Waals surface area contributed by atoms with E-state index in [1.54, 1.807) is 0 Å². The van der Waals surface area contributed by atoms with E-state index in [0.29, 0.717) is 0 Å². The van der Waals surface area contributed by atoms with Crippen molar-refractivity contribution in [3.8, 4) is 95.0 Å². The smallest absolute Gasteiger partial charge is 0.136 e. The van der Waals surface area contributed by atoms with Gasteiger partial charge in [-0.2, -0.15) is 0 Å². The van der Waals surface area contributed by atoms with Crippen LogP contribution in [0.2, 0.25) is 0 Å². The van der Waals surface area contributed by atoms with E-state index in [-0.39, 0.29) is 0 Å². The van der Waals surface area contributed by atoms with Crippen LogP contribution in [0.1, 0.15) is 0 Å². The van der Waals surface area contributed by atoms with Gasteiger partial charge in [-0.3, -0.25) is 0 Å². The van der Waals surface area contributed by atoms with Crippen LogP contribution in [0, 0.1) is 0 Å². The summed E-state index contributed by atoms with van der Waals surface area (Å²) < 4.78 is 16.1. The number of rotatable bonds is 12. The van der Waals surface area contributed by atoms with Crippen LogP contribution in [-0.4, -0.2) is 18.1 Å². The third-order valence-electron chi connectivity index (χ3n) is 29.7. The Morgan fingerprint density at radius 1 is 0.156 bits per heavy atom. The molecule has 31 rings (SSSR count). The molecule has 7 heteroatoms. The van der Waals surface area contributed by atoms with Crippen LogP contribution < -0.4 is 9.80 Å². The number of anilines is 6. The third-order valence-corrected chi connectivity index (χ3v) is 29.7. The molecule has 141 heavy (non-hydrogen) atoms. The zero-order valence-corrected chi connectivity index (χ0v) is 76.6. The summed E-state index contributed by atoms with van der Waals surface area (Å²) in [6, 6.07) is 185. The van der Waals surface area contributed by atoms with Gasteiger partial charge < -0.3 is 32.3 Å². The van der Waals surface area contributed by atoms with Crippen LogP contribution in [0.4, 0.5) is 34.1 Å². The SMILES string of the molecule is c1cc(-c2cccc3oc4ccccc4c23)cc(-n2c3cccc4c5ccccc5n5c6ccccc6c6ccc2c(c43)c65)c1.c1ccc(-c2ccc(N(c3ccccc3)c3ccc(-n4c5cccc6c5c5c7c(cccc7ccc54)-c4ccccc4-6)cc3)cc2)cc1.c1ccc(-c2ccc(N(c3ccccc3)c3cccc(-n4c5cccc6c5c5c7c(cccc7ccc54)-c4ccccc4-6)c3)cc2)cc1. The molecular formula is C134H84N6O. The highest BCUT2D eigenvalue weighted by Crippen LogP contribution is 2.55. The molecular weight excluding hydrogens is 1710 g/mol. The lowest BCUT2D eigenvalue weighted by Crippen LogP contribution is -2.10. The van der Waals surface area contributed by atoms with Crippen molar-refractivity contribution in [3.05, 3.63) is 510 Å². The molecule has 0 spiro atoms. The predicted molar refractivity (Wildman–Crippen MR) is 594 cm³/mol. The Morgan fingerprint density at radius 2 is 0.496 bits per heavy atom. The normalized spacial score (nSPS) is 12.0. The second-order valence-electron chi connectivity index (χ2n) is 37.2. The molecule has 0 saturated heterocycles. The first kappa shape index (κ1) is 79.5. The summed E-state index contributed by atoms with van der Waals surface area (Å²) >= 11 is 0. The van der Waals surface area contributed by atoms with Gasteiger partial charge in [-0.25, -0.2) is 0 Å². The van der Waals surface area contributed by atoms with Crippen molar-refractivity contribution < 1.29 is 4.42 Å². The van der Waals surface area contributed by atoms with Gasteiger partial charge in [0.25, 0.3) is 0 Å². The van der Waals surface area contributed by atoms with E-state index in [1.165, 1.54) is 203 Å². The number of para-hydroxylation sites is 5. The Labute approximate surface area is 812 Å². The van der Waals surface area contributed by atoms with Crippen molar-refractivity contribution in [1.82, 2.24) is 18.1 Å². The Balaban J connectivity index is 0.000000101. The fraction of sp³-hybridized carbons (Fsp3) is 0. The van der Waals surface area contributed by atoms with Crippen molar-refractivity contribution in [2.45, 2.75) is 0 Å². The number of furan rings is 1. The minimum absolute atomic E-state index is 0.914. The summed E-state index contributed by atoms with van der Waals surface area (Å²) in [5.74, 6) is 0. The lowest BCUT2D eigenvalue weighted by molar-refractivity contribution is 0.669. The Hall–Kier alpha value is -18.8. The van der Waals surface area contributed by atoms with Gasteiger partial charge in [-0.1, -0.05) is 346 Å². The molecule has 6 aromatic heterocycles. The lowest BCUT2D eigenvalue weighted by Gasteiger charge is -2.26. The minimum Gasteiger partial charge on any atom is -0.456 e. The summed E-state index contributed by atoms with van der Waals surface area (Å²) in [5.41, 5.74) is 40.6. The maximum atomic E-state index is 6.25. The summed E-state index contributed by atoms with van der Waals surface area (Å²) in [6.07, 6.45) is 0. The topological polar surface area (TPSA) is 38.8 Å². The Morgan fingerprint density at radius 3 is 1.05 bits per heavy atom. The number of hydrogen-bond acceptors (Lipinski definition) is 3. The largest absolute Gasteiger partial charge is 0.456 e. The highest BCUT2D eigenvalue weighted by molar-refractivity contribution is 6.35. The monoisotopic (exact) mass is 1790 g/mol. The molecule has 0 N–H and O–H groups in total. The van der Waals surface area contributed by atoms with Crippen LogP contribution in [0.15, 0.2) is 514 Å². The molecule has 0 unspecified atom stereocenters. The second kappa shape index (κ2) is 31.9. The van der Waals surface area contributed by atoms with E-state index in [0.717, 1.165) is 73.1 Å². The van der Waals surface area contributed by atoms with Gasteiger partial charge in [0, 0.05) is 110 Å². The molecule has 0 amide bonds. The van der Waals surface area contributed by atoms with Crippen molar-refractivity contribution in [2.75, 3.05) is 9.80 Å². The van der Waals surface area contributed by atoms with Crippen molar-refractivity contribution in [2.24, 2.45) is 0 Å². The number of aromatic nitrogens is 4. The molecule has 29 aromatic rings. The van der Waals surface area contributed by atoms with E-state index in [4.69, 9.17) is 4.42 Å². The molecule has 23 aromatic carbocycles. The van der Waals surface area contributed by atoms with Crippen molar-refractivity contribution in [1.29, 1.82) is 0 Å². The average Bonchev–Trinajstić information content (AvgIpc) is 1.47. The van der Waals surface area contributed by atoms with Crippen LogP contribution in [0.25, 0.3) is 242 Å². The molecule has 656 valence electrons. The molecule has 2 aliphatic rings. The zero-order chi connectivity index (χ0) is 92.4. The lowest BCUT2D eigenvalue weighted by atomic mass is 9.93. The van der Waals surface area contributed by atoms with Crippen LogP contribution in [0.3, 0.4) is 0 Å². The van der Waals surface area contributed by atoms with Gasteiger partial charge >= 0.3 is 0 Å². The van der Waals surface area contributed by atoms with E-state index in [2.05, 4.69) is 525 Å². The van der Waals surface area contributed by atoms with Crippen molar-refractivity contribution >= 4 is 181 Å². The molecule has 0 bridgehead atoms. The highest BCUT2D eigenvalue weighted by atomic mass is 16.3. The van der Waals surface area contributed by atoms with Crippen molar-refractivity contribution in [3.63, 3.8) is 0 Å². The van der Waals surface area contributed by atoms with Crippen LogP contribution in [-0.2, 0) is 0 Å². The fourth-order valence-corrected chi connectivity index (χ4v) is 23.7. The van der Waals surface area contributed by atoms with Gasteiger partial charge in [0.05, 0.1) is 49.7 Å². The van der Waals surface area contributed by atoms with E-state index < -0.39 is 0 Å². The van der Waals surface area contributed by atoms with Crippen LogP contribution >= 0.6 is 0 Å². The van der Waals surface area contributed by atoms with E-state index in [9.17, 15) is 0 Å². The maximum absolute atomic E-state index is 6.25. The summed E-state index contributed by atoms with van der Waals surface area (Å²) in [5, 5.41) is 20.5. The molecule has 0 aliphatic heterocycles. The quantitative estimate of drug-likeness (QED) is 0.122. The van der Waals surface area contributed by atoms with E-state index >= 15 is 0 Å². The Kier molecular flexibility index (Phi) is 18.0. The Bertz CT molecular complexity index is 10100. The summed E-state index contributed by atoms with van der Waals surface area (Å²) in [4.78, 5) is 4.68. The predicted octanol–water partition coefficient (Wildman–Crippen LogP) is 36.9. The third kappa shape index (κ3) is 12.4. The second-order valence-corrected chi connectivity index (χ2v) is 37.2. The van der Waals surface area contributed by atoms with Gasteiger partial charge in [0.2, 0.25) is 0 Å². The first-order valence-corrected chi connectivity index (χ1v) is 48.5. The molecule has 0 saturated carbocycles. The zero-order valence-electron chi connectivity index (χ0n) is 76.6. The molecule has 7 nitrogen and oxygen atoms in total. The number of nitrogens with zero attached hydrogens (tertiary/aromatic N) is 6. The van der Waals surface area contributed by atoms with Gasteiger partial charge in [0.1, 0.15) is 11.2 Å². The number of fused-ring (bicyclic) bond motifs is 15. The fourth-order valence-electron chi connectivity index (χ4n) is 23.7. The van der Waals surface area contributed by atoms with E-state index in [1.807, 2.05) is 12.1 Å². The maximum Gasteiger partial charge on any atom is 0.136 e. The molecule has 0 radical (unpaired) electrons. The molecule has 2 aliphatic carbocycles. The standard InChI is InChI=1S/2C46H30N2.C42H24N2O/c1-3-12-31(13-4-1)32-24-27-35(28-25-32)47(34-15-5-2-6-16-34)36-17-10-18-37(30-36)48-42-23-11-22-41-39-20-8-7-19-38(39)40-21-9-14-33-26-29-43(48)46(44(33)40)45(41)42;1-3-11-31(12-4-1)32-21-24-35(25-22-32)47(34-14-5-2-6-15-34)36-26-28-37(29-27-36)48-42-20-10-19-41-39-17-8-7-16-38(39)40-18-9-13-33-23-30-43(48)46(44(33)40)45(41)42;1-4-17-33-28(12-1)30-16-8-19-35-40(30)41-36(23-22-31-29-13-2-5-18-34(29)44(33)42(31)41)43(35)26-11-7-10-25(24-26)27-15-9-21-38-39(27)32-14-3-6-20-37(32)45-38/h2*1-30H;1-24H. The number of hydrogen-bond donors (Lipinski definition) is 0. The summed E-state index contributed by atoms with van der Waals surface area (Å²) in [7, 11) is 0. The average molecular weight is 1790 g/mol. The minimum atomic E-state index is 0.914. The first-order chi connectivity index (χ1) is 70.0.